The van der Waals surface area contributed by atoms with Gasteiger partial charge in [0.2, 0.25) is 0 Å². The molecular formula is C19H17N3O. The molecule has 3 aromatic rings. The molecule has 0 spiro atoms. The number of nitrogens with two attached hydrogens (primary N) is 1. The summed E-state index contributed by atoms with van der Waals surface area (Å²) in [5.41, 5.74) is 9.48. The molecular weight excluding hydrogens is 286 g/mol. The van der Waals surface area contributed by atoms with Gasteiger partial charge < -0.3 is 11.1 Å². The zero-order chi connectivity index (χ0) is 16.2. The summed E-state index contributed by atoms with van der Waals surface area (Å²) < 4.78 is 0. The summed E-state index contributed by atoms with van der Waals surface area (Å²) >= 11 is 0. The molecule has 0 fully saturated rings. The Morgan fingerprint density at radius 3 is 2.48 bits per heavy atom. The minimum atomic E-state index is -0.0393. The number of aryl methyl sites for hydroxylation is 1. The van der Waals surface area contributed by atoms with E-state index in [1.807, 2.05) is 49.4 Å². The number of nitrogens with one attached hydrogen (secondary N) is 1. The number of aromatic nitrogens is 1. The highest BCUT2D eigenvalue weighted by molar-refractivity contribution is 6.12. The van der Waals surface area contributed by atoms with Gasteiger partial charge in [0.15, 0.2) is 11.6 Å². The van der Waals surface area contributed by atoms with E-state index in [9.17, 15) is 4.79 Å². The summed E-state index contributed by atoms with van der Waals surface area (Å²) in [4.78, 5) is 17.0. The topological polar surface area (TPSA) is 68.0 Å². The van der Waals surface area contributed by atoms with Crippen LogP contribution in [0.5, 0.6) is 0 Å². The van der Waals surface area contributed by atoms with Crippen molar-refractivity contribution in [2.24, 2.45) is 0 Å². The Labute approximate surface area is 135 Å². The minimum Gasteiger partial charge on any atom is -0.396 e. The zero-order valence-corrected chi connectivity index (χ0v) is 12.8. The van der Waals surface area contributed by atoms with Gasteiger partial charge in [-0.25, -0.2) is 4.98 Å². The predicted molar refractivity (Wildman–Crippen MR) is 93.0 cm³/mol. The van der Waals surface area contributed by atoms with Gasteiger partial charge in [0.25, 0.3) is 0 Å². The van der Waals surface area contributed by atoms with Gasteiger partial charge in [-0.1, -0.05) is 42.0 Å². The molecule has 0 bridgehead atoms. The van der Waals surface area contributed by atoms with Gasteiger partial charge in [-0.05, 0) is 31.2 Å². The molecule has 0 aliphatic carbocycles. The summed E-state index contributed by atoms with van der Waals surface area (Å²) in [5.74, 6) is 0.499. The quantitative estimate of drug-likeness (QED) is 0.716. The number of hydrogen-bond acceptors (Lipinski definition) is 4. The molecule has 0 saturated heterocycles. The van der Waals surface area contributed by atoms with Crippen LogP contribution in [-0.4, -0.2) is 10.8 Å². The van der Waals surface area contributed by atoms with E-state index in [4.69, 9.17) is 5.73 Å². The van der Waals surface area contributed by atoms with Crippen LogP contribution in [0.25, 0.3) is 0 Å². The number of anilines is 3. The second kappa shape index (κ2) is 6.32. The van der Waals surface area contributed by atoms with Crippen molar-refractivity contribution in [2.45, 2.75) is 6.92 Å². The lowest BCUT2D eigenvalue weighted by Gasteiger charge is -2.12. The number of pyridine rings is 1. The van der Waals surface area contributed by atoms with Gasteiger partial charge in [-0.3, -0.25) is 4.79 Å². The van der Waals surface area contributed by atoms with Crippen LogP contribution in [0.2, 0.25) is 0 Å². The van der Waals surface area contributed by atoms with Crippen LogP contribution in [0.3, 0.4) is 0 Å². The molecule has 0 radical (unpaired) electrons. The molecule has 1 heterocycles. The van der Waals surface area contributed by atoms with Crippen molar-refractivity contribution in [3.8, 4) is 0 Å². The van der Waals surface area contributed by atoms with E-state index in [1.165, 1.54) is 0 Å². The highest BCUT2D eigenvalue weighted by Gasteiger charge is 2.14. The van der Waals surface area contributed by atoms with E-state index in [-0.39, 0.29) is 5.78 Å². The zero-order valence-electron chi connectivity index (χ0n) is 12.8. The van der Waals surface area contributed by atoms with Gasteiger partial charge in [0, 0.05) is 17.3 Å². The molecule has 23 heavy (non-hydrogen) atoms. The molecule has 0 aliphatic rings. The van der Waals surface area contributed by atoms with Crippen LogP contribution < -0.4 is 11.1 Å². The Hall–Kier alpha value is -3.14. The van der Waals surface area contributed by atoms with Crippen molar-refractivity contribution in [3.05, 3.63) is 83.6 Å². The molecule has 3 rings (SSSR count). The van der Waals surface area contributed by atoms with Gasteiger partial charge >= 0.3 is 0 Å². The van der Waals surface area contributed by atoms with Crippen molar-refractivity contribution in [1.82, 2.24) is 4.98 Å². The Morgan fingerprint density at radius 2 is 1.74 bits per heavy atom. The number of carbonyl (C=O) groups is 1. The Morgan fingerprint density at radius 1 is 1.00 bits per heavy atom. The number of benzene rings is 2. The molecule has 0 unspecified atom stereocenters. The molecule has 0 atom stereocenters. The standard InChI is InChI=1S/C19H17N3O/c1-13-8-10-14(11-9-13)18(23)15-5-2-3-7-17(15)22-19-16(20)6-4-12-21-19/h2-12H,20H2,1H3,(H,21,22). The molecule has 0 aliphatic heterocycles. The smallest absolute Gasteiger partial charge is 0.195 e. The van der Waals surface area contributed by atoms with Crippen LogP contribution in [0.4, 0.5) is 17.2 Å². The molecule has 4 heteroatoms. The first-order valence-corrected chi connectivity index (χ1v) is 7.33. The van der Waals surface area contributed by atoms with E-state index in [2.05, 4.69) is 10.3 Å². The Kier molecular flexibility index (Phi) is 4.06. The summed E-state index contributed by atoms with van der Waals surface area (Å²) in [6, 6.07) is 18.4. The van der Waals surface area contributed by atoms with Crippen LogP contribution in [-0.2, 0) is 0 Å². The van der Waals surface area contributed by atoms with Crippen molar-refractivity contribution in [3.63, 3.8) is 0 Å². The fraction of sp³-hybridized carbons (Fsp3) is 0.0526. The monoisotopic (exact) mass is 303 g/mol. The molecule has 3 N–H and O–H groups in total. The summed E-state index contributed by atoms with van der Waals surface area (Å²) in [7, 11) is 0. The number of hydrogen-bond donors (Lipinski definition) is 2. The molecule has 0 amide bonds. The largest absolute Gasteiger partial charge is 0.396 e. The number of para-hydroxylation sites is 1. The van der Waals surface area contributed by atoms with E-state index in [0.717, 1.165) is 5.56 Å². The third-order valence-electron chi connectivity index (χ3n) is 3.58. The molecule has 4 nitrogen and oxygen atoms in total. The number of carbonyl (C=O) groups excluding carboxylic acids is 1. The number of nitrogen functional groups attached to an aromatic ring is 1. The van der Waals surface area contributed by atoms with Crippen molar-refractivity contribution in [2.75, 3.05) is 11.1 Å². The molecule has 2 aromatic carbocycles. The summed E-state index contributed by atoms with van der Waals surface area (Å²) in [5, 5.41) is 3.15. The fourth-order valence-electron chi connectivity index (χ4n) is 2.30. The van der Waals surface area contributed by atoms with Crippen molar-refractivity contribution < 1.29 is 4.79 Å². The van der Waals surface area contributed by atoms with Gasteiger partial charge in [-0.15, -0.1) is 0 Å². The van der Waals surface area contributed by atoms with Crippen molar-refractivity contribution >= 4 is 23.0 Å². The number of rotatable bonds is 4. The second-order valence-corrected chi connectivity index (χ2v) is 5.31. The van der Waals surface area contributed by atoms with E-state index in [0.29, 0.717) is 28.3 Å². The lowest BCUT2D eigenvalue weighted by Crippen LogP contribution is -2.07. The van der Waals surface area contributed by atoms with Gasteiger partial charge in [-0.2, -0.15) is 0 Å². The van der Waals surface area contributed by atoms with Crippen LogP contribution in [0.15, 0.2) is 66.9 Å². The highest BCUT2D eigenvalue weighted by Crippen LogP contribution is 2.25. The van der Waals surface area contributed by atoms with Gasteiger partial charge in [0.05, 0.1) is 11.4 Å². The van der Waals surface area contributed by atoms with E-state index >= 15 is 0 Å². The lowest BCUT2D eigenvalue weighted by atomic mass is 10.0. The Bertz CT molecular complexity index is 841. The van der Waals surface area contributed by atoms with Crippen LogP contribution in [0.1, 0.15) is 21.5 Å². The lowest BCUT2D eigenvalue weighted by molar-refractivity contribution is 0.103. The van der Waals surface area contributed by atoms with Crippen LogP contribution in [0, 0.1) is 6.92 Å². The van der Waals surface area contributed by atoms with Crippen LogP contribution >= 0.6 is 0 Å². The Balaban J connectivity index is 1.96. The maximum atomic E-state index is 12.8. The first kappa shape index (κ1) is 14.8. The maximum Gasteiger partial charge on any atom is 0.195 e. The maximum absolute atomic E-state index is 12.8. The minimum absolute atomic E-state index is 0.0393. The first-order chi connectivity index (χ1) is 11.1. The average Bonchev–Trinajstić information content (AvgIpc) is 2.57. The number of ketones is 1. The SMILES string of the molecule is Cc1ccc(C(=O)c2ccccc2Nc2ncccc2N)cc1. The predicted octanol–water partition coefficient (Wildman–Crippen LogP) is 3.95. The van der Waals surface area contributed by atoms with E-state index in [1.54, 1.807) is 24.4 Å². The average molecular weight is 303 g/mol. The first-order valence-electron chi connectivity index (χ1n) is 7.33. The fourth-order valence-corrected chi connectivity index (χ4v) is 2.30. The summed E-state index contributed by atoms with van der Waals surface area (Å²) in [6.07, 6.45) is 1.66. The van der Waals surface area contributed by atoms with Gasteiger partial charge in [0.1, 0.15) is 0 Å². The van der Waals surface area contributed by atoms with Crippen molar-refractivity contribution in [1.29, 1.82) is 0 Å². The third-order valence-corrected chi connectivity index (χ3v) is 3.58. The third kappa shape index (κ3) is 3.21. The normalized spacial score (nSPS) is 10.3. The highest BCUT2D eigenvalue weighted by atomic mass is 16.1. The number of nitrogens with zero attached hydrogens (tertiary/aromatic N) is 1. The molecule has 1 aromatic heterocycles. The summed E-state index contributed by atoms with van der Waals surface area (Å²) in [6.45, 7) is 1.99. The molecule has 114 valence electrons. The second-order valence-electron chi connectivity index (χ2n) is 5.31. The van der Waals surface area contributed by atoms with E-state index < -0.39 is 0 Å². The molecule has 0 saturated carbocycles.